The maximum Gasteiger partial charge on any atom is 0.435 e. The molecule has 208 valence electrons. The molecule has 0 radical (unpaired) electrons. The van der Waals surface area contributed by atoms with Gasteiger partial charge in [-0.15, -0.1) is 0 Å². The summed E-state index contributed by atoms with van der Waals surface area (Å²) in [7, 11) is 0. The van der Waals surface area contributed by atoms with E-state index in [0.717, 1.165) is 17.5 Å². The Bertz CT molecular complexity index is 1300. The molecule has 0 bridgehead atoms. The van der Waals surface area contributed by atoms with Crippen molar-refractivity contribution in [1.82, 2.24) is 15.8 Å². The van der Waals surface area contributed by atoms with Crippen LogP contribution >= 0.6 is 0 Å². The number of rotatable bonds is 11. The van der Waals surface area contributed by atoms with Crippen LogP contribution in [0, 0.1) is 0 Å². The van der Waals surface area contributed by atoms with Crippen molar-refractivity contribution in [3.8, 4) is 0 Å². The van der Waals surface area contributed by atoms with Gasteiger partial charge in [-0.3, -0.25) is 14.6 Å². The fourth-order valence-electron chi connectivity index (χ4n) is 4.07. The van der Waals surface area contributed by atoms with Crippen LogP contribution in [0.2, 0.25) is 0 Å². The molecule has 10 heteroatoms. The van der Waals surface area contributed by atoms with Gasteiger partial charge in [-0.2, -0.15) is 4.99 Å². The van der Waals surface area contributed by atoms with Crippen LogP contribution in [-0.4, -0.2) is 54.6 Å². The minimum Gasteiger partial charge on any atom is -0.443 e. The number of carbonyl (C=O) groups excluding carboxylic acids is 3. The number of benzene rings is 3. The molecular formula is C30H33N5O5. The van der Waals surface area contributed by atoms with Crippen LogP contribution in [-0.2, 0) is 38.6 Å². The van der Waals surface area contributed by atoms with Crippen LogP contribution in [0.25, 0.3) is 0 Å². The molecule has 3 amide bonds. The molecule has 1 heterocycles. The van der Waals surface area contributed by atoms with Gasteiger partial charge in [0, 0.05) is 18.7 Å². The first kappa shape index (κ1) is 28.5. The van der Waals surface area contributed by atoms with Gasteiger partial charge in [-0.1, -0.05) is 84.9 Å². The highest BCUT2D eigenvalue weighted by Gasteiger charge is 2.31. The Balaban J connectivity index is 1.19. The van der Waals surface area contributed by atoms with E-state index in [1.54, 1.807) is 24.3 Å². The summed E-state index contributed by atoms with van der Waals surface area (Å²) in [6.45, 7) is 1.75. The lowest BCUT2D eigenvalue weighted by Crippen LogP contribution is -2.55. The van der Waals surface area contributed by atoms with E-state index in [9.17, 15) is 14.4 Å². The summed E-state index contributed by atoms with van der Waals surface area (Å²) in [4.78, 5) is 41.1. The molecule has 0 aliphatic carbocycles. The monoisotopic (exact) mass is 543 g/mol. The van der Waals surface area contributed by atoms with Crippen molar-refractivity contribution in [2.75, 3.05) is 19.7 Å². The van der Waals surface area contributed by atoms with Crippen LogP contribution in [0.3, 0.4) is 0 Å². The number of nitrogens with one attached hydrogen (secondary N) is 2. The minimum atomic E-state index is -0.835. The van der Waals surface area contributed by atoms with Crippen molar-refractivity contribution < 1.29 is 23.9 Å². The number of hydrogen-bond donors (Lipinski definition) is 3. The molecular weight excluding hydrogens is 510 g/mol. The maximum atomic E-state index is 12.8. The second-order valence-corrected chi connectivity index (χ2v) is 9.21. The zero-order valence-electron chi connectivity index (χ0n) is 22.1. The summed E-state index contributed by atoms with van der Waals surface area (Å²) in [6.07, 6.45) is -0.899. The van der Waals surface area contributed by atoms with E-state index in [-0.39, 0.29) is 37.2 Å². The molecule has 0 spiro atoms. The lowest BCUT2D eigenvalue weighted by Gasteiger charge is -2.32. The summed E-state index contributed by atoms with van der Waals surface area (Å²) in [5.41, 5.74) is 12.5. The Labute approximate surface area is 233 Å². The lowest BCUT2D eigenvalue weighted by atomic mass is 10.1. The average Bonchev–Trinajstić information content (AvgIpc) is 2.98. The molecule has 1 atom stereocenters. The number of nitrogens with two attached hydrogens (primary N) is 1. The molecule has 0 aromatic heterocycles. The van der Waals surface area contributed by atoms with Crippen LogP contribution in [0.4, 0.5) is 4.79 Å². The van der Waals surface area contributed by atoms with E-state index in [4.69, 9.17) is 15.2 Å². The van der Waals surface area contributed by atoms with Gasteiger partial charge in [0.05, 0.1) is 19.6 Å². The van der Waals surface area contributed by atoms with E-state index in [0.29, 0.717) is 25.3 Å². The minimum absolute atomic E-state index is 0.0311. The number of carbonyl (C=O) groups is 3. The third kappa shape index (κ3) is 8.75. The summed E-state index contributed by atoms with van der Waals surface area (Å²) >= 11 is 0. The number of hydrogen-bond acceptors (Lipinski definition) is 6. The van der Waals surface area contributed by atoms with Crippen molar-refractivity contribution in [1.29, 1.82) is 0 Å². The number of amides is 3. The van der Waals surface area contributed by atoms with Crippen LogP contribution in [0.15, 0.2) is 89.9 Å². The maximum absolute atomic E-state index is 12.8. The summed E-state index contributed by atoms with van der Waals surface area (Å²) in [6, 6.07) is 26.2. The van der Waals surface area contributed by atoms with Gasteiger partial charge < -0.3 is 20.5 Å². The van der Waals surface area contributed by atoms with Gasteiger partial charge >= 0.3 is 6.09 Å². The molecule has 3 aromatic rings. The Kier molecular flexibility index (Phi) is 10.4. The zero-order chi connectivity index (χ0) is 28.2. The van der Waals surface area contributed by atoms with Crippen molar-refractivity contribution in [2.45, 2.75) is 32.1 Å². The van der Waals surface area contributed by atoms with Gasteiger partial charge in [-0.25, -0.2) is 10.2 Å². The van der Waals surface area contributed by atoms with E-state index < -0.39 is 12.2 Å². The van der Waals surface area contributed by atoms with Gasteiger partial charge in [0.2, 0.25) is 5.91 Å². The molecule has 4 rings (SSSR count). The van der Waals surface area contributed by atoms with Crippen molar-refractivity contribution in [3.63, 3.8) is 0 Å². The number of aliphatic imine (C=N–C) groups is 1. The largest absolute Gasteiger partial charge is 0.443 e. The first-order chi connectivity index (χ1) is 19.5. The predicted molar refractivity (Wildman–Crippen MR) is 150 cm³/mol. The normalized spacial score (nSPS) is 15.5. The molecule has 1 saturated heterocycles. The van der Waals surface area contributed by atoms with Gasteiger partial charge in [0.25, 0.3) is 5.91 Å². The molecule has 3 aromatic carbocycles. The Morgan fingerprint density at radius 3 is 2.33 bits per heavy atom. The lowest BCUT2D eigenvalue weighted by molar-refractivity contribution is -0.159. The smallest absolute Gasteiger partial charge is 0.435 e. The number of ether oxygens (including phenoxy) is 2. The van der Waals surface area contributed by atoms with Crippen LogP contribution < -0.4 is 16.5 Å². The van der Waals surface area contributed by atoms with Crippen LogP contribution in [0.5, 0.6) is 0 Å². The molecule has 40 heavy (non-hydrogen) atoms. The average molecular weight is 544 g/mol. The number of hydrazine groups is 1. The van der Waals surface area contributed by atoms with Crippen molar-refractivity contribution >= 4 is 23.7 Å². The first-order valence-corrected chi connectivity index (χ1v) is 13.1. The first-order valence-electron chi connectivity index (χ1n) is 13.1. The number of amidine groups is 1. The molecule has 1 aliphatic rings. The Morgan fingerprint density at radius 1 is 0.950 bits per heavy atom. The van der Waals surface area contributed by atoms with E-state index >= 15 is 0 Å². The quantitative estimate of drug-likeness (QED) is 0.250. The van der Waals surface area contributed by atoms with E-state index in [1.165, 1.54) is 10.6 Å². The second kappa shape index (κ2) is 14.6. The van der Waals surface area contributed by atoms with E-state index in [2.05, 4.69) is 15.7 Å². The topological polar surface area (TPSA) is 135 Å². The molecule has 10 nitrogen and oxygen atoms in total. The third-order valence-corrected chi connectivity index (χ3v) is 6.26. The highest BCUT2D eigenvalue weighted by Crippen LogP contribution is 2.11. The van der Waals surface area contributed by atoms with E-state index in [1.807, 2.05) is 60.7 Å². The summed E-state index contributed by atoms with van der Waals surface area (Å²) in [5, 5.41) is 4.35. The Hall–Kier alpha value is -4.54. The molecule has 1 aliphatic heterocycles. The van der Waals surface area contributed by atoms with Gasteiger partial charge in [0.15, 0.2) is 0 Å². The third-order valence-electron chi connectivity index (χ3n) is 6.26. The fourth-order valence-corrected chi connectivity index (χ4v) is 4.07. The molecule has 1 fully saturated rings. The number of nitrogens with zero attached hydrogens (tertiary/aromatic N) is 2. The van der Waals surface area contributed by atoms with Gasteiger partial charge in [0.1, 0.15) is 18.5 Å². The molecule has 4 N–H and O–H groups in total. The van der Waals surface area contributed by atoms with Crippen molar-refractivity contribution in [2.24, 2.45) is 10.7 Å². The summed E-state index contributed by atoms with van der Waals surface area (Å²) < 4.78 is 10.7. The molecule has 0 saturated carbocycles. The summed E-state index contributed by atoms with van der Waals surface area (Å²) in [5.74, 6) is -0.518. The zero-order valence-corrected chi connectivity index (χ0v) is 22.1. The van der Waals surface area contributed by atoms with Gasteiger partial charge in [-0.05, 0) is 23.1 Å². The standard InChI is InChI=1S/C30H33N5O5/c31-28(34-30(38)40-21-24-9-5-2-6-10-24)25-13-11-23(12-14-25)20-32-27(36)19-26-29(37)35(17-18-39-26)33-16-15-22-7-3-1-4-8-22/h1-14,26,33H,15-21H2,(H,32,36)(H2,31,34,38)/t26-/m0/s1. The second-order valence-electron chi connectivity index (χ2n) is 9.21. The van der Waals surface area contributed by atoms with Crippen molar-refractivity contribution in [3.05, 3.63) is 107 Å². The van der Waals surface area contributed by atoms with Crippen LogP contribution in [0.1, 0.15) is 28.7 Å². The highest BCUT2D eigenvalue weighted by atomic mass is 16.5. The SMILES string of the molecule is NC(=NC(=O)OCc1ccccc1)c1ccc(CNC(=O)C[C@@H]2OCCN(NCCc3ccccc3)C2=O)cc1. The molecule has 0 unspecified atom stereocenters. The predicted octanol–water partition coefficient (Wildman–Crippen LogP) is 2.71. The Morgan fingerprint density at radius 2 is 1.62 bits per heavy atom. The number of morpholine rings is 1. The highest BCUT2D eigenvalue weighted by molar-refractivity contribution is 6.02. The fraction of sp³-hybridized carbons (Fsp3) is 0.267.